The van der Waals surface area contributed by atoms with Crippen molar-refractivity contribution >= 4 is 11.9 Å². The van der Waals surface area contributed by atoms with Crippen LogP contribution in [0, 0.1) is 0 Å². The van der Waals surface area contributed by atoms with Crippen molar-refractivity contribution in [3.05, 3.63) is 0 Å². The van der Waals surface area contributed by atoms with E-state index >= 15 is 0 Å². The van der Waals surface area contributed by atoms with Gasteiger partial charge in [-0.05, 0) is 31.7 Å². The fourth-order valence-electron chi connectivity index (χ4n) is 1.06. The number of ether oxygens (including phenoxy) is 1. The Bertz CT molecular complexity index is 102. The molecule has 0 saturated carbocycles. The second-order valence-electron chi connectivity index (χ2n) is 2.69. The molecule has 60 valence electrons. The van der Waals surface area contributed by atoms with Crippen molar-refractivity contribution in [2.45, 2.75) is 31.6 Å². The Morgan fingerprint density at radius 1 is 1.70 bits per heavy atom. The molecule has 1 rings (SSSR count). The average molecular weight is 161 g/mol. The van der Waals surface area contributed by atoms with Crippen LogP contribution >= 0.6 is 11.9 Å². The van der Waals surface area contributed by atoms with Crippen LogP contribution in [0.2, 0.25) is 0 Å². The smallest absolute Gasteiger partial charge is 0.124 e. The van der Waals surface area contributed by atoms with E-state index in [1.54, 1.807) is 11.9 Å². The van der Waals surface area contributed by atoms with Gasteiger partial charge < -0.3 is 4.74 Å². The SMILES string of the molecule is CCNSC1(C)CCCO1. The maximum absolute atomic E-state index is 5.54. The van der Waals surface area contributed by atoms with Gasteiger partial charge in [0, 0.05) is 13.2 Å². The fourth-order valence-corrected chi connectivity index (χ4v) is 1.90. The van der Waals surface area contributed by atoms with Crippen molar-refractivity contribution in [1.29, 1.82) is 0 Å². The van der Waals surface area contributed by atoms with Crippen molar-refractivity contribution < 1.29 is 4.74 Å². The lowest BCUT2D eigenvalue weighted by atomic mass is 10.3. The van der Waals surface area contributed by atoms with E-state index in [4.69, 9.17) is 4.74 Å². The molecule has 1 fully saturated rings. The molecular weight excluding hydrogens is 146 g/mol. The summed E-state index contributed by atoms with van der Waals surface area (Å²) in [6, 6.07) is 0. The van der Waals surface area contributed by atoms with Crippen LogP contribution < -0.4 is 4.72 Å². The quantitative estimate of drug-likeness (QED) is 0.637. The summed E-state index contributed by atoms with van der Waals surface area (Å²) < 4.78 is 8.77. The van der Waals surface area contributed by atoms with Crippen molar-refractivity contribution in [3.8, 4) is 0 Å². The van der Waals surface area contributed by atoms with Crippen LogP contribution in [0.25, 0.3) is 0 Å². The minimum atomic E-state index is 0.0516. The Morgan fingerprint density at radius 3 is 3.00 bits per heavy atom. The van der Waals surface area contributed by atoms with Crippen molar-refractivity contribution in [2.24, 2.45) is 0 Å². The van der Waals surface area contributed by atoms with E-state index in [1.165, 1.54) is 12.8 Å². The van der Waals surface area contributed by atoms with Gasteiger partial charge in [0.25, 0.3) is 0 Å². The Balaban J connectivity index is 2.22. The zero-order chi connectivity index (χ0) is 7.45. The van der Waals surface area contributed by atoms with Gasteiger partial charge in [-0.1, -0.05) is 6.92 Å². The van der Waals surface area contributed by atoms with Crippen molar-refractivity contribution in [1.82, 2.24) is 4.72 Å². The third kappa shape index (κ3) is 2.15. The predicted octanol–water partition coefficient (Wildman–Crippen LogP) is 1.77. The number of rotatable bonds is 3. The van der Waals surface area contributed by atoms with Gasteiger partial charge in [-0.2, -0.15) is 0 Å². The van der Waals surface area contributed by atoms with E-state index in [0.29, 0.717) is 0 Å². The molecule has 0 amide bonds. The Kier molecular flexibility index (Phi) is 3.01. The zero-order valence-electron chi connectivity index (χ0n) is 6.64. The summed E-state index contributed by atoms with van der Waals surface area (Å²) in [7, 11) is 0. The molecule has 0 spiro atoms. The van der Waals surface area contributed by atoms with Crippen LogP contribution in [0.1, 0.15) is 26.7 Å². The monoisotopic (exact) mass is 161 g/mol. The molecule has 1 unspecified atom stereocenters. The third-order valence-corrected chi connectivity index (χ3v) is 2.80. The topological polar surface area (TPSA) is 21.3 Å². The molecule has 0 bridgehead atoms. The first-order chi connectivity index (χ1) is 4.77. The number of hydrogen-bond donors (Lipinski definition) is 1. The molecule has 1 aliphatic rings. The molecule has 0 aliphatic carbocycles. The van der Waals surface area contributed by atoms with Gasteiger partial charge in [0.15, 0.2) is 0 Å². The van der Waals surface area contributed by atoms with Crippen LogP contribution in [0.3, 0.4) is 0 Å². The van der Waals surface area contributed by atoms with Gasteiger partial charge in [-0.15, -0.1) is 0 Å². The van der Waals surface area contributed by atoms with Crippen molar-refractivity contribution in [2.75, 3.05) is 13.2 Å². The second kappa shape index (κ2) is 3.60. The van der Waals surface area contributed by atoms with Gasteiger partial charge >= 0.3 is 0 Å². The number of hydrogen-bond acceptors (Lipinski definition) is 3. The highest BCUT2D eigenvalue weighted by molar-refractivity contribution is 7.98. The largest absolute Gasteiger partial charge is 0.363 e. The molecule has 0 aromatic rings. The fraction of sp³-hybridized carbons (Fsp3) is 1.00. The molecular formula is C7H15NOS. The molecule has 0 radical (unpaired) electrons. The molecule has 1 heterocycles. The second-order valence-corrected chi connectivity index (χ2v) is 4.04. The highest BCUT2D eigenvalue weighted by Crippen LogP contribution is 2.33. The standard InChI is InChI=1S/C7H15NOS/c1-3-8-10-7(2)5-4-6-9-7/h8H,3-6H2,1-2H3. The highest BCUT2D eigenvalue weighted by Gasteiger charge is 2.29. The van der Waals surface area contributed by atoms with Crippen LogP contribution in [0.5, 0.6) is 0 Å². The van der Waals surface area contributed by atoms with Gasteiger partial charge in [0.2, 0.25) is 0 Å². The summed E-state index contributed by atoms with van der Waals surface area (Å²) in [5.41, 5.74) is 0. The summed E-state index contributed by atoms with van der Waals surface area (Å²) in [4.78, 5) is 0.0516. The van der Waals surface area contributed by atoms with Crippen LogP contribution in [0.4, 0.5) is 0 Å². The maximum Gasteiger partial charge on any atom is 0.124 e. The van der Waals surface area contributed by atoms with E-state index in [0.717, 1.165) is 13.2 Å². The zero-order valence-corrected chi connectivity index (χ0v) is 7.46. The van der Waals surface area contributed by atoms with Gasteiger partial charge in [-0.3, -0.25) is 4.72 Å². The van der Waals surface area contributed by atoms with Crippen LogP contribution in [-0.4, -0.2) is 18.1 Å². The molecule has 1 saturated heterocycles. The average Bonchev–Trinajstić information content (AvgIpc) is 2.33. The summed E-state index contributed by atoms with van der Waals surface area (Å²) >= 11 is 1.71. The summed E-state index contributed by atoms with van der Waals surface area (Å²) in [6.45, 7) is 6.18. The Labute approximate surface area is 66.8 Å². The minimum absolute atomic E-state index is 0.0516. The first kappa shape index (κ1) is 8.37. The molecule has 0 aromatic carbocycles. The van der Waals surface area contributed by atoms with E-state index in [-0.39, 0.29) is 4.93 Å². The van der Waals surface area contributed by atoms with E-state index in [2.05, 4.69) is 18.6 Å². The van der Waals surface area contributed by atoms with Gasteiger partial charge in [-0.25, -0.2) is 0 Å². The minimum Gasteiger partial charge on any atom is -0.363 e. The molecule has 1 N–H and O–H groups in total. The highest BCUT2D eigenvalue weighted by atomic mass is 32.2. The van der Waals surface area contributed by atoms with E-state index in [1.807, 2.05) is 0 Å². The molecule has 3 heteroatoms. The molecule has 1 aliphatic heterocycles. The Morgan fingerprint density at radius 2 is 2.50 bits per heavy atom. The first-order valence-electron chi connectivity index (χ1n) is 3.82. The normalized spacial score (nSPS) is 33.0. The van der Waals surface area contributed by atoms with Crippen LogP contribution in [-0.2, 0) is 4.74 Å². The summed E-state index contributed by atoms with van der Waals surface area (Å²) in [6.07, 6.45) is 2.37. The summed E-state index contributed by atoms with van der Waals surface area (Å²) in [5.74, 6) is 0. The lowest BCUT2D eigenvalue weighted by Gasteiger charge is -2.21. The van der Waals surface area contributed by atoms with Gasteiger partial charge in [0.1, 0.15) is 4.93 Å². The van der Waals surface area contributed by atoms with Crippen LogP contribution in [0.15, 0.2) is 0 Å². The van der Waals surface area contributed by atoms with Gasteiger partial charge in [0.05, 0.1) is 0 Å². The first-order valence-corrected chi connectivity index (χ1v) is 4.63. The molecule has 1 atom stereocenters. The van der Waals surface area contributed by atoms with Crippen molar-refractivity contribution in [3.63, 3.8) is 0 Å². The lowest BCUT2D eigenvalue weighted by Crippen LogP contribution is -2.23. The van der Waals surface area contributed by atoms with E-state index < -0.39 is 0 Å². The molecule has 10 heavy (non-hydrogen) atoms. The van der Waals surface area contributed by atoms with E-state index in [9.17, 15) is 0 Å². The molecule has 0 aromatic heterocycles. The lowest BCUT2D eigenvalue weighted by molar-refractivity contribution is 0.0964. The predicted molar refractivity (Wildman–Crippen MR) is 44.9 cm³/mol. The summed E-state index contributed by atoms with van der Waals surface area (Å²) in [5, 5.41) is 0. The molecule has 2 nitrogen and oxygen atoms in total. The maximum atomic E-state index is 5.54. The number of nitrogens with one attached hydrogen (secondary N) is 1. The Hall–Kier alpha value is 0.270. The third-order valence-electron chi connectivity index (χ3n) is 1.62.